The smallest absolute Gasteiger partial charge is 0.250 e. The van der Waals surface area contributed by atoms with Crippen molar-refractivity contribution in [2.24, 2.45) is 0 Å². The molecule has 1 N–H and O–H groups in total. The summed E-state index contributed by atoms with van der Waals surface area (Å²) in [6.45, 7) is 5.73. The van der Waals surface area contributed by atoms with Gasteiger partial charge in [-0.1, -0.05) is 67.1 Å². The average molecular weight is 408 g/mol. The van der Waals surface area contributed by atoms with Crippen molar-refractivity contribution in [3.05, 3.63) is 71.8 Å². The Labute approximate surface area is 180 Å². The molecular formula is C25H33N3O2. The Morgan fingerprint density at radius 2 is 1.63 bits per heavy atom. The minimum atomic E-state index is -0.381. The molecule has 0 bridgehead atoms. The van der Waals surface area contributed by atoms with Crippen molar-refractivity contribution in [1.29, 1.82) is 0 Å². The van der Waals surface area contributed by atoms with Gasteiger partial charge in [-0.05, 0) is 30.5 Å². The molecule has 4 rings (SSSR count). The highest BCUT2D eigenvalue weighted by molar-refractivity contribution is 5.81. The van der Waals surface area contributed by atoms with Crippen LogP contribution in [0.3, 0.4) is 0 Å². The van der Waals surface area contributed by atoms with Gasteiger partial charge >= 0.3 is 0 Å². The van der Waals surface area contributed by atoms with Crippen LogP contribution in [-0.4, -0.2) is 60.6 Å². The van der Waals surface area contributed by atoms with Gasteiger partial charge < -0.3 is 10.1 Å². The van der Waals surface area contributed by atoms with Gasteiger partial charge in [-0.15, -0.1) is 0 Å². The molecule has 2 saturated heterocycles. The second-order valence-corrected chi connectivity index (χ2v) is 8.43. The molecule has 2 atom stereocenters. The van der Waals surface area contributed by atoms with Crippen LogP contribution in [0.1, 0.15) is 30.4 Å². The van der Waals surface area contributed by atoms with E-state index in [0.717, 1.165) is 32.6 Å². The van der Waals surface area contributed by atoms with Crippen molar-refractivity contribution in [2.75, 3.05) is 32.8 Å². The number of nitrogens with one attached hydrogen (secondary N) is 1. The normalized spacial score (nSPS) is 23.2. The highest BCUT2D eigenvalue weighted by atomic mass is 16.5. The third-order valence-electron chi connectivity index (χ3n) is 6.18. The lowest BCUT2D eigenvalue weighted by atomic mass is 10.0. The quantitative estimate of drug-likeness (QED) is 0.766. The molecule has 30 heavy (non-hydrogen) atoms. The molecule has 5 nitrogen and oxygen atoms in total. The molecule has 5 heteroatoms. The van der Waals surface area contributed by atoms with Crippen LogP contribution in [-0.2, 0) is 22.6 Å². The summed E-state index contributed by atoms with van der Waals surface area (Å²) >= 11 is 0. The Kier molecular flexibility index (Phi) is 7.51. The van der Waals surface area contributed by atoms with Crippen LogP contribution in [0.15, 0.2) is 60.7 Å². The molecule has 2 heterocycles. The first-order valence-corrected chi connectivity index (χ1v) is 11.2. The zero-order valence-corrected chi connectivity index (χ0v) is 17.7. The van der Waals surface area contributed by atoms with Crippen molar-refractivity contribution < 1.29 is 9.53 Å². The predicted molar refractivity (Wildman–Crippen MR) is 119 cm³/mol. The number of carbonyl (C=O) groups is 1. The summed E-state index contributed by atoms with van der Waals surface area (Å²) in [5.74, 6) is 0.0259. The molecule has 160 valence electrons. The maximum absolute atomic E-state index is 12.8. The molecule has 0 radical (unpaired) electrons. The predicted octanol–water partition coefficient (Wildman–Crippen LogP) is 3.06. The van der Waals surface area contributed by atoms with Crippen LogP contribution in [0.2, 0.25) is 0 Å². The van der Waals surface area contributed by atoms with Crippen LogP contribution >= 0.6 is 0 Å². The van der Waals surface area contributed by atoms with E-state index in [2.05, 4.69) is 69.7 Å². The van der Waals surface area contributed by atoms with Gasteiger partial charge in [-0.3, -0.25) is 14.6 Å². The van der Waals surface area contributed by atoms with Crippen molar-refractivity contribution in [1.82, 2.24) is 15.1 Å². The highest BCUT2D eigenvalue weighted by Crippen LogP contribution is 2.19. The van der Waals surface area contributed by atoms with Crippen LogP contribution in [0.25, 0.3) is 0 Å². The largest absolute Gasteiger partial charge is 0.366 e. The van der Waals surface area contributed by atoms with E-state index >= 15 is 0 Å². The molecule has 2 aliphatic heterocycles. The first-order chi connectivity index (χ1) is 14.8. The number of morpholine rings is 1. The maximum atomic E-state index is 12.8. The third-order valence-corrected chi connectivity index (χ3v) is 6.18. The molecule has 0 spiro atoms. The molecular weight excluding hydrogens is 374 g/mol. The fourth-order valence-electron chi connectivity index (χ4n) is 4.50. The van der Waals surface area contributed by atoms with E-state index in [-0.39, 0.29) is 12.0 Å². The van der Waals surface area contributed by atoms with Crippen LogP contribution in [0, 0.1) is 0 Å². The number of amides is 1. The third kappa shape index (κ3) is 5.91. The molecule has 2 aromatic rings. The SMILES string of the molecule is O=C(NCC1CCCCN1Cc1ccccc1)C1CN(Cc2ccccc2)CCO1. The summed E-state index contributed by atoms with van der Waals surface area (Å²) in [6, 6.07) is 21.4. The summed E-state index contributed by atoms with van der Waals surface area (Å²) in [4.78, 5) is 17.6. The van der Waals surface area contributed by atoms with Gasteiger partial charge in [0, 0.05) is 38.8 Å². The topological polar surface area (TPSA) is 44.8 Å². The van der Waals surface area contributed by atoms with Gasteiger partial charge in [0.25, 0.3) is 5.91 Å². The Morgan fingerprint density at radius 3 is 2.37 bits per heavy atom. The number of rotatable bonds is 7. The maximum Gasteiger partial charge on any atom is 0.250 e. The Bertz CT molecular complexity index is 783. The van der Waals surface area contributed by atoms with E-state index < -0.39 is 0 Å². The van der Waals surface area contributed by atoms with Gasteiger partial charge in [0.2, 0.25) is 0 Å². The lowest BCUT2D eigenvalue weighted by molar-refractivity contribution is -0.139. The minimum absolute atomic E-state index is 0.0259. The molecule has 1 amide bonds. The first-order valence-electron chi connectivity index (χ1n) is 11.2. The average Bonchev–Trinajstić information content (AvgIpc) is 2.80. The van der Waals surface area contributed by atoms with Crippen molar-refractivity contribution in [3.8, 4) is 0 Å². The number of hydrogen-bond donors (Lipinski definition) is 1. The van der Waals surface area contributed by atoms with Gasteiger partial charge in [-0.2, -0.15) is 0 Å². The number of carbonyl (C=O) groups excluding carboxylic acids is 1. The lowest BCUT2D eigenvalue weighted by Crippen LogP contribution is -2.52. The van der Waals surface area contributed by atoms with Crippen LogP contribution in [0.5, 0.6) is 0 Å². The number of benzene rings is 2. The monoisotopic (exact) mass is 407 g/mol. The standard InChI is InChI=1S/C25H33N3O2/c29-25(24-20-27(15-16-30-24)18-21-9-3-1-4-10-21)26-17-23-13-7-8-14-28(23)19-22-11-5-2-6-12-22/h1-6,9-12,23-24H,7-8,13-20H2,(H,26,29). The fourth-order valence-corrected chi connectivity index (χ4v) is 4.50. The summed E-state index contributed by atoms with van der Waals surface area (Å²) < 4.78 is 5.80. The second-order valence-electron chi connectivity index (χ2n) is 8.43. The van der Waals surface area contributed by atoms with E-state index in [9.17, 15) is 4.79 Å². The Hall–Kier alpha value is -2.21. The summed E-state index contributed by atoms with van der Waals surface area (Å²) in [5.41, 5.74) is 2.61. The van der Waals surface area contributed by atoms with Crippen molar-refractivity contribution in [3.63, 3.8) is 0 Å². The number of hydrogen-bond acceptors (Lipinski definition) is 4. The number of piperidine rings is 1. The van der Waals surface area contributed by atoms with E-state index in [1.807, 2.05) is 6.07 Å². The van der Waals surface area contributed by atoms with Crippen molar-refractivity contribution in [2.45, 2.75) is 44.5 Å². The molecule has 2 fully saturated rings. The molecule has 0 saturated carbocycles. The van der Waals surface area contributed by atoms with Gasteiger partial charge in [-0.25, -0.2) is 0 Å². The van der Waals surface area contributed by atoms with Gasteiger partial charge in [0.05, 0.1) is 6.61 Å². The number of likely N-dealkylation sites (tertiary alicyclic amines) is 1. The van der Waals surface area contributed by atoms with Crippen molar-refractivity contribution >= 4 is 5.91 Å². The zero-order chi connectivity index (χ0) is 20.6. The Morgan fingerprint density at radius 1 is 0.933 bits per heavy atom. The van der Waals surface area contributed by atoms with Crippen LogP contribution < -0.4 is 5.32 Å². The fraction of sp³-hybridized carbons (Fsp3) is 0.480. The van der Waals surface area contributed by atoms with Crippen LogP contribution in [0.4, 0.5) is 0 Å². The van der Waals surface area contributed by atoms with E-state index in [0.29, 0.717) is 25.7 Å². The molecule has 2 aliphatic rings. The molecule has 0 aromatic heterocycles. The summed E-state index contributed by atoms with van der Waals surface area (Å²) in [5, 5.41) is 3.19. The zero-order valence-electron chi connectivity index (χ0n) is 17.7. The first kappa shape index (κ1) is 21.0. The minimum Gasteiger partial charge on any atom is -0.366 e. The summed E-state index contributed by atoms with van der Waals surface area (Å²) in [6.07, 6.45) is 3.22. The van der Waals surface area contributed by atoms with E-state index in [4.69, 9.17) is 4.74 Å². The second kappa shape index (κ2) is 10.7. The molecule has 2 aromatic carbocycles. The van der Waals surface area contributed by atoms with E-state index in [1.54, 1.807) is 0 Å². The Balaban J connectivity index is 1.27. The van der Waals surface area contributed by atoms with Gasteiger partial charge in [0.15, 0.2) is 0 Å². The lowest BCUT2D eigenvalue weighted by Gasteiger charge is -2.37. The van der Waals surface area contributed by atoms with E-state index in [1.165, 1.54) is 24.0 Å². The molecule has 2 unspecified atom stereocenters. The summed E-state index contributed by atoms with van der Waals surface area (Å²) in [7, 11) is 0. The number of ether oxygens (including phenoxy) is 1. The molecule has 0 aliphatic carbocycles. The van der Waals surface area contributed by atoms with Gasteiger partial charge in [0.1, 0.15) is 6.10 Å². The highest BCUT2D eigenvalue weighted by Gasteiger charge is 2.28. The number of nitrogens with zero attached hydrogens (tertiary/aromatic N) is 2.